The van der Waals surface area contributed by atoms with Gasteiger partial charge in [-0.1, -0.05) is 0 Å². The summed E-state index contributed by atoms with van der Waals surface area (Å²) >= 11 is 0. The first kappa shape index (κ1) is 20.1. The molecule has 4 atom stereocenters. The third-order valence-corrected chi connectivity index (χ3v) is 2.53. The van der Waals surface area contributed by atoms with Gasteiger partial charge in [0.25, 0.3) is 0 Å². The van der Waals surface area contributed by atoms with Crippen LogP contribution in [-0.2, 0) is 20.9 Å². The summed E-state index contributed by atoms with van der Waals surface area (Å²) in [5.41, 5.74) is 0.614. The monoisotopic (exact) mass is 309 g/mol. The topological polar surface area (TPSA) is 137 Å². The molecule has 0 saturated carbocycles. The molecular formula is C12H16NNaO7. The van der Waals surface area contributed by atoms with Gasteiger partial charge in [0.2, 0.25) is 0 Å². The summed E-state index contributed by atoms with van der Waals surface area (Å²) in [5, 5.41) is 37.2. The summed E-state index contributed by atoms with van der Waals surface area (Å²) in [7, 11) is 0. The van der Waals surface area contributed by atoms with Crippen LogP contribution >= 0.6 is 0 Å². The van der Waals surface area contributed by atoms with Crippen LogP contribution in [0.1, 0.15) is 5.56 Å². The number of nitrogens with zero attached hydrogens (tertiary/aromatic N) is 1. The van der Waals surface area contributed by atoms with Crippen molar-refractivity contribution in [3.63, 3.8) is 0 Å². The number of aldehydes is 1. The van der Waals surface area contributed by atoms with Crippen LogP contribution in [0.2, 0.25) is 0 Å². The molecule has 4 N–H and O–H groups in total. The fourth-order valence-corrected chi connectivity index (χ4v) is 1.33. The van der Waals surface area contributed by atoms with Gasteiger partial charge in [0.1, 0.15) is 24.9 Å². The first-order valence-corrected chi connectivity index (χ1v) is 5.70. The van der Waals surface area contributed by atoms with E-state index in [1.54, 1.807) is 12.1 Å². The molecule has 0 saturated heterocycles. The first-order chi connectivity index (χ1) is 9.47. The predicted molar refractivity (Wildman–Crippen MR) is 71.3 cm³/mol. The molecule has 1 rings (SSSR count). The molecule has 0 fully saturated rings. The van der Waals surface area contributed by atoms with Crippen LogP contribution in [0, 0.1) is 0 Å². The van der Waals surface area contributed by atoms with E-state index in [-0.39, 0.29) is 42.5 Å². The molecule has 8 nitrogen and oxygen atoms in total. The molecule has 0 aromatic carbocycles. The molecule has 1 aromatic rings. The van der Waals surface area contributed by atoms with Gasteiger partial charge in [-0.25, -0.2) is 4.79 Å². The van der Waals surface area contributed by atoms with Crippen molar-refractivity contribution < 1.29 is 34.8 Å². The third-order valence-electron chi connectivity index (χ3n) is 2.53. The summed E-state index contributed by atoms with van der Waals surface area (Å²) < 4.78 is 4.72. The van der Waals surface area contributed by atoms with E-state index in [1.165, 1.54) is 12.4 Å². The van der Waals surface area contributed by atoms with Crippen molar-refractivity contribution in [1.82, 2.24) is 4.98 Å². The molecule has 1 aromatic heterocycles. The second-order valence-corrected chi connectivity index (χ2v) is 4.02. The second-order valence-electron chi connectivity index (χ2n) is 4.02. The van der Waals surface area contributed by atoms with Crippen molar-refractivity contribution in [2.24, 2.45) is 0 Å². The summed E-state index contributed by atoms with van der Waals surface area (Å²) in [4.78, 5) is 25.4. The van der Waals surface area contributed by atoms with Gasteiger partial charge >= 0.3 is 35.5 Å². The molecule has 0 aliphatic heterocycles. The molecule has 9 heteroatoms. The Bertz CT molecular complexity index is 444. The average Bonchev–Trinajstić information content (AvgIpc) is 2.50. The molecule has 1 heterocycles. The van der Waals surface area contributed by atoms with Gasteiger partial charge in [-0.15, -0.1) is 0 Å². The van der Waals surface area contributed by atoms with E-state index >= 15 is 0 Å². The van der Waals surface area contributed by atoms with Gasteiger partial charge in [0.05, 0.1) is 0 Å². The third kappa shape index (κ3) is 6.18. The van der Waals surface area contributed by atoms with Crippen molar-refractivity contribution >= 4 is 41.8 Å². The summed E-state index contributed by atoms with van der Waals surface area (Å²) in [6.07, 6.45) is -5.08. The zero-order chi connectivity index (χ0) is 15.1. The van der Waals surface area contributed by atoms with Crippen LogP contribution in [0.3, 0.4) is 0 Å². The number of rotatable bonds is 7. The normalized spacial score (nSPS) is 16.0. The Labute approximate surface area is 142 Å². The number of carbonyl (C=O) groups is 2. The Morgan fingerprint density at radius 3 is 2.29 bits per heavy atom. The second kappa shape index (κ2) is 9.96. The molecular weight excluding hydrogens is 293 g/mol. The predicted octanol–water partition coefficient (Wildman–Crippen LogP) is -2.88. The van der Waals surface area contributed by atoms with Gasteiger partial charge in [0.15, 0.2) is 12.4 Å². The number of carbonyl (C=O) groups excluding carboxylic acids is 2. The van der Waals surface area contributed by atoms with Crippen LogP contribution in [-0.4, -0.2) is 91.6 Å². The van der Waals surface area contributed by atoms with Crippen molar-refractivity contribution in [1.29, 1.82) is 0 Å². The van der Waals surface area contributed by atoms with E-state index in [0.29, 0.717) is 5.56 Å². The Kier molecular flexibility index (Phi) is 9.54. The van der Waals surface area contributed by atoms with Gasteiger partial charge in [-0.3, -0.25) is 4.98 Å². The number of hydrogen-bond donors (Lipinski definition) is 4. The van der Waals surface area contributed by atoms with Gasteiger partial charge in [-0.2, -0.15) is 0 Å². The number of esters is 1. The zero-order valence-corrected chi connectivity index (χ0v) is 10.4. The minimum absolute atomic E-state index is 0. The maximum atomic E-state index is 11.4. The van der Waals surface area contributed by atoms with E-state index in [4.69, 9.17) is 9.84 Å². The van der Waals surface area contributed by atoms with Gasteiger partial charge in [-0.05, 0) is 17.7 Å². The van der Waals surface area contributed by atoms with Gasteiger partial charge < -0.3 is 30.0 Å². The quantitative estimate of drug-likeness (QED) is 0.239. The summed E-state index contributed by atoms with van der Waals surface area (Å²) in [6.45, 7) is -0.155. The summed E-state index contributed by atoms with van der Waals surface area (Å²) in [6, 6.07) is 3.17. The molecule has 0 amide bonds. The van der Waals surface area contributed by atoms with E-state index < -0.39 is 30.4 Å². The Morgan fingerprint density at radius 2 is 1.76 bits per heavy atom. The number of aromatic nitrogens is 1. The van der Waals surface area contributed by atoms with Gasteiger partial charge in [0, 0.05) is 12.4 Å². The number of aliphatic hydroxyl groups is 4. The van der Waals surface area contributed by atoms with Crippen LogP contribution < -0.4 is 0 Å². The van der Waals surface area contributed by atoms with E-state index in [9.17, 15) is 24.9 Å². The molecule has 0 bridgehead atoms. The molecule has 0 spiro atoms. The number of ether oxygens (including phenoxy) is 1. The average molecular weight is 309 g/mol. The Morgan fingerprint density at radius 1 is 1.19 bits per heavy atom. The molecule has 0 radical (unpaired) electrons. The fraction of sp³-hybridized carbons (Fsp3) is 0.417. The number of hydrogen-bond acceptors (Lipinski definition) is 8. The number of pyridine rings is 1. The minimum atomic E-state index is -2.08. The molecule has 0 unspecified atom stereocenters. The van der Waals surface area contributed by atoms with Crippen LogP contribution in [0.5, 0.6) is 0 Å². The SMILES string of the molecule is O=C[C@H](O)[C@@H](O)[C@H](O)[C@H](O)C(=O)OCc1ccncc1.[NaH]. The first-order valence-electron chi connectivity index (χ1n) is 5.70. The number of aliphatic hydroxyl groups excluding tert-OH is 4. The molecule has 0 aliphatic carbocycles. The molecule has 21 heavy (non-hydrogen) atoms. The van der Waals surface area contributed by atoms with Crippen LogP contribution in [0.25, 0.3) is 0 Å². The maximum absolute atomic E-state index is 11.4. The molecule has 112 valence electrons. The van der Waals surface area contributed by atoms with Crippen molar-refractivity contribution in [3.8, 4) is 0 Å². The van der Waals surface area contributed by atoms with Crippen molar-refractivity contribution in [2.75, 3.05) is 0 Å². The van der Waals surface area contributed by atoms with E-state index in [0.717, 1.165) is 0 Å². The Balaban J connectivity index is 0.00000400. The van der Waals surface area contributed by atoms with Crippen LogP contribution in [0.4, 0.5) is 0 Å². The van der Waals surface area contributed by atoms with Crippen molar-refractivity contribution in [3.05, 3.63) is 30.1 Å². The fourth-order valence-electron chi connectivity index (χ4n) is 1.33. The van der Waals surface area contributed by atoms with Crippen molar-refractivity contribution in [2.45, 2.75) is 31.0 Å². The standard InChI is InChI=1S/C12H15NO7.Na.H/c14-5-8(15)9(16)10(17)11(18)12(19)20-6-7-1-3-13-4-2-7;;/h1-5,8-11,15-18H,6H2;;/t8-,9+,10-,11-;;/m0../s1. The zero-order valence-electron chi connectivity index (χ0n) is 10.4. The van der Waals surface area contributed by atoms with Crippen LogP contribution in [0.15, 0.2) is 24.5 Å². The van der Waals surface area contributed by atoms with E-state index in [1.807, 2.05) is 0 Å². The summed E-state index contributed by atoms with van der Waals surface area (Å²) in [5.74, 6) is -1.19. The molecule has 0 aliphatic rings. The Hall–Kier alpha value is -0.870. The van der Waals surface area contributed by atoms with E-state index in [2.05, 4.69) is 4.98 Å².